The number of aliphatic hydroxyl groups is 1. The molecule has 4 nitrogen and oxygen atoms in total. The van der Waals surface area contributed by atoms with E-state index < -0.39 is 12.1 Å². The lowest BCUT2D eigenvalue weighted by molar-refractivity contribution is -0.139. The molecule has 1 rings (SSSR count). The first-order valence-corrected chi connectivity index (χ1v) is 6.97. The van der Waals surface area contributed by atoms with E-state index in [-0.39, 0.29) is 18.4 Å². The highest BCUT2D eigenvalue weighted by atomic mass is 79.9. The first-order chi connectivity index (χ1) is 8.81. The molecule has 0 spiro atoms. The number of carboxylic acid groups (broad SMARTS) is 1. The highest BCUT2D eigenvalue weighted by Crippen LogP contribution is 2.24. The van der Waals surface area contributed by atoms with Crippen LogP contribution in [0.3, 0.4) is 0 Å². The lowest BCUT2D eigenvalue weighted by Gasteiger charge is -2.26. The second-order valence-corrected chi connectivity index (χ2v) is 6.19. The van der Waals surface area contributed by atoms with Gasteiger partial charge in [0, 0.05) is 23.0 Å². The van der Waals surface area contributed by atoms with Crippen molar-refractivity contribution in [2.24, 2.45) is 0 Å². The molecule has 19 heavy (non-hydrogen) atoms. The maximum atomic E-state index is 10.4. The molecule has 1 aromatic carbocycles. The summed E-state index contributed by atoms with van der Waals surface area (Å²) in [5, 5.41) is 21.2. The molecule has 106 valence electrons. The zero-order valence-corrected chi connectivity index (χ0v) is 12.8. The Hall–Kier alpha value is -0.910. The number of hydrogen-bond donors (Lipinski definition) is 3. The quantitative estimate of drug-likeness (QED) is 0.717. The Kier molecular flexibility index (Phi) is 5.97. The molecule has 0 radical (unpaired) electrons. The van der Waals surface area contributed by atoms with Gasteiger partial charge in [0.1, 0.15) is 0 Å². The van der Waals surface area contributed by atoms with Gasteiger partial charge in [-0.25, -0.2) is 0 Å². The van der Waals surface area contributed by atoms with Gasteiger partial charge in [-0.2, -0.15) is 0 Å². The van der Waals surface area contributed by atoms with E-state index in [0.717, 1.165) is 4.47 Å². The first kappa shape index (κ1) is 16.1. The van der Waals surface area contributed by atoms with Gasteiger partial charge in [0.25, 0.3) is 0 Å². The summed E-state index contributed by atoms with van der Waals surface area (Å²) >= 11 is 3.45. The van der Waals surface area contributed by atoms with Gasteiger partial charge in [-0.15, -0.1) is 0 Å². The summed E-state index contributed by atoms with van der Waals surface area (Å²) in [5.74, 6) is -0.986. The Morgan fingerprint density at radius 1 is 1.47 bits per heavy atom. The minimum absolute atomic E-state index is 0.0906. The van der Waals surface area contributed by atoms with Crippen molar-refractivity contribution >= 4 is 21.9 Å². The molecule has 0 aliphatic heterocycles. The van der Waals surface area contributed by atoms with Gasteiger partial charge in [-0.3, -0.25) is 4.79 Å². The van der Waals surface area contributed by atoms with Gasteiger partial charge in [0.2, 0.25) is 0 Å². The summed E-state index contributed by atoms with van der Waals surface area (Å²) in [7, 11) is 0. The first-order valence-electron chi connectivity index (χ1n) is 6.18. The second kappa shape index (κ2) is 7.03. The van der Waals surface area contributed by atoms with E-state index in [1.807, 2.05) is 12.1 Å². The zero-order chi connectivity index (χ0) is 14.5. The monoisotopic (exact) mass is 329 g/mol. The van der Waals surface area contributed by atoms with Crippen LogP contribution in [0, 0.1) is 0 Å². The van der Waals surface area contributed by atoms with Crippen LogP contribution in [0.25, 0.3) is 0 Å². The smallest absolute Gasteiger partial charge is 0.306 e. The Labute approximate surface area is 122 Å². The van der Waals surface area contributed by atoms with Gasteiger partial charge >= 0.3 is 5.97 Å². The average molecular weight is 330 g/mol. The third kappa shape index (κ3) is 5.72. The molecule has 1 atom stereocenters. The average Bonchev–Trinajstić information content (AvgIpc) is 2.27. The molecule has 5 heteroatoms. The van der Waals surface area contributed by atoms with E-state index in [1.54, 1.807) is 0 Å². The standard InChI is InChI=1S/C14H20BrNO3/c1-14(2,10-4-3-5-11(15)6-10)9-16-8-12(17)7-13(18)19/h3-6,12,16-17H,7-9H2,1-2H3,(H,18,19). The molecule has 0 saturated heterocycles. The minimum Gasteiger partial charge on any atom is -0.481 e. The number of carbonyl (C=O) groups is 1. The molecule has 0 aliphatic rings. The van der Waals surface area contributed by atoms with Crippen molar-refractivity contribution in [3.05, 3.63) is 34.3 Å². The normalized spacial score (nSPS) is 13.3. The Morgan fingerprint density at radius 3 is 2.74 bits per heavy atom. The van der Waals surface area contributed by atoms with Crippen LogP contribution in [0.4, 0.5) is 0 Å². The minimum atomic E-state index is -0.986. The van der Waals surface area contributed by atoms with Crippen molar-refractivity contribution in [1.82, 2.24) is 5.32 Å². The number of halogens is 1. The van der Waals surface area contributed by atoms with Gasteiger partial charge in [-0.1, -0.05) is 41.9 Å². The SMILES string of the molecule is CC(C)(CNCC(O)CC(=O)O)c1cccc(Br)c1. The highest BCUT2D eigenvalue weighted by molar-refractivity contribution is 9.10. The molecule has 0 bridgehead atoms. The number of aliphatic carboxylic acids is 1. The summed E-state index contributed by atoms with van der Waals surface area (Å²) in [5.41, 5.74) is 1.09. The molecule has 0 aliphatic carbocycles. The predicted molar refractivity (Wildman–Crippen MR) is 78.3 cm³/mol. The summed E-state index contributed by atoms with van der Waals surface area (Å²) in [4.78, 5) is 10.4. The third-order valence-corrected chi connectivity index (χ3v) is 3.46. The molecule has 1 aromatic rings. The molecule has 3 N–H and O–H groups in total. The Bertz CT molecular complexity index is 434. The van der Waals surface area contributed by atoms with Crippen molar-refractivity contribution in [1.29, 1.82) is 0 Å². The number of hydrogen-bond acceptors (Lipinski definition) is 3. The molecule has 0 aromatic heterocycles. The fourth-order valence-electron chi connectivity index (χ4n) is 1.84. The molecule has 0 saturated carbocycles. The Morgan fingerprint density at radius 2 is 2.16 bits per heavy atom. The van der Waals surface area contributed by atoms with Crippen molar-refractivity contribution in [2.75, 3.05) is 13.1 Å². The molecule has 0 amide bonds. The maximum Gasteiger partial charge on any atom is 0.306 e. The van der Waals surface area contributed by atoms with Crippen LogP contribution in [0.15, 0.2) is 28.7 Å². The van der Waals surface area contributed by atoms with Crippen LogP contribution in [0.1, 0.15) is 25.8 Å². The summed E-state index contributed by atoms with van der Waals surface area (Å²) in [6, 6.07) is 8.08. The van der Waals surface area contributed by atoms with Crippen molar-refractivity contribution in [3.8, 4) is 0 Å². The molecule has 0 heterocycles. The lowest BCUT2D eigenvalue weighted by Crippen LogP contribution is -2.37. The largest absolute Gasteiger partial charge is 0.481 e. The summed E-state index contributed by atoms with van der Waals surface area (Å²) < 4.78 is 1.03. The molecule has 1 unspecified atom stereocenters. The van der Waals surface area contributed by atoms with E-state index >= 15 is 0 Å². The highest BCUT2D eigenvalue weighted by Gasteiger charge is 2.21. The second-order valence-electron chi connectivity index (χ2n) is 5.28. The number of rotatable bonds is 7. The van der Waals surface area contributed by atoms with Gasteiger partial charge in [0.05, 0.1) is 12.5 Å². The van der Waals surface area contributed by atoms with E-state index in [1.165, 1.54) is 5.56 Å². The van der Waals surface area contributed by atoms with Gasteiger partial charge in [-0.05, 0) is 17.7 Å². The maximum absolute atomic E-state index is 10.4. The number of aliphatic hydroxyl groups excluding tert-OH is 1. The third-order valence-electron chi connectivity index (χ3n) is 2.96. The number of benzene rings is 1. The van der Waals surface area contributed by atoms with Gasteiger partial charge in [0.15, 0.2) is 0 Å². The molecule has 0 fully saturated rings. The van der Waals surface area contributed by atoms with Crippen molar-refractivity contribution in [3.63, 3.8) is 0 Å². The fourth-order valence-corrected chi connectivity index (χ4v) is 2.24. The van der Waals surface area contributed by atoms with Crippen LogP contribution in [0.5, 0.6) is 0 Å². The van der Waals surface area contributed by atoms with Crippen LogP contribution >= 0.6 is 15.9 Å². The number of carboxylic acids is 1. The Balaban J connectivity index is 2.49. The predicted octanol–water partition coefficient (Wildman–Crippen LogP) is 2.15. The van der Waals surface area contributed by atoms with Crippen LogP contribution in [0.2, 0.25) is 0 Å². The van der Waals surface area contributed by atoms with Gasteiger partial charge < -0.3 is 15.5 Å². The van der Waals surface area contributed by atoms with E-state index in [2.05, 4.69) is 47.2 Å². The summed E-state index contributed by atoms with van der Waals surface area (Å²) in [6.45, 7) is 5.15. The van der Waals surface area contributed by atoms with E-state index in [4.69, 9.17) is 5.11 Å². The molecular formula is C14H20BrNO3. The van der Waals surface area contributed by atoms with Crippen molar-refractivity contribution < 1.29 is 15.0 Å². The van der Waals surface area contributed by atoms with E-state index in [9.17, 15) is 9.90 Å². The fraction of sp³-hybridized carbons (Fsp3) is 0.500. The van der Waals surface area contributed by atoms with Crippen LogP contribution < -0.4 is 5.32 Å². The number of nitrogens with one attached hydrogen (secondary N) is 1. The molecular weight excluding hydrogens is 310 g/mol. The lowest BCUT2D eigenvalue weighted by atomic mass is 9.84. The van der Waals surface area contributed by atoms with Crippen LogP contribution in [-0.2, 0) is 10.2 Å². The summed E-state index contributed by atoms with van der Waals surface area (Å²) in [6.07, 6.45) is -1.08. The van der Waals surface area contributed by atoms with E-state index in [0.29, 0.717) is 6.54 Å². The zero-order valence-electron chi connectivity index (χ0n) is 11.2. The topological polar surface area (TPSA) is 69.6 Å². The van der Waals surface area contributed by atoms with Crippen LogP contribution in [-0.4, -0.2) is 35.4 Å². The van der Waals surface area contributed by atoms with Crippen molar-refractivity contribution in [2.45, 2.75) is 31.8 Å².